The van der Waals surface area contributed by atoms with E-state index in [1.807, 2.05) is 12.1 Å². The summed E-state index contributed by atoms with van der Waals surface area (Å²) in [6, 6.07) is 4.14. The van der Waals surface area contributed by atoms with Gasteiger partial charge in [-0.2, -0.15) is 0 Å². The van der Waals surface area contributed by atoms with E-state index in [0.29, 0.717) is 24.9 Å². The number of furan rings is 1. The number of aliphatic hydroxyl groups excluding tert-OH is 1. The van der Waals surface area contributed by atoms with Crippen molar-refractivity contribution in [3.63, 3.8) is 0 Å². The predicted octanol–water partition coefficient (Wildman–Crippen LogP) is 1.88. The molecular formula is C13H19N3O3. The first-order valence-electron chi connectivity index (χ1n) is 6.51. The van der Waals surface area contributed by atoms with Crippen molar-refractivity contribution in [1.29, 1.82) is 0 Å². The molecule has 104 valence electrons. The van der Waals surface area contributed by atoms with Gasteiger partial charge < -0.3 is 19.3 Å². The lowest BCUT2D eigenvalue weighted by molar-refractivity contribution is 0.226. The topological polar surface area (TPSA) is 84.3 Å². The Morgan fingerprint density at radius 3 is 3.00 bits per heavy atom. The molecule has 19 heavy (non-hydrogen) atoms. The molecule has 0 amide bonds. The van der Waals surface area contributed by atoms with Crippen LogP contribution in [0.25, 0.3) is 0 Å². The maximum atomic E-state index is 9.34. The summed E-state index contributed by atoms with van der Waals surface area (Å²) in [6.45, 7) is 2.69. The van der Waals surface area contributed by atoms with E-state index in [9.17, 15) is 5.11 Å². The highest BCUT2D eigenvalue weighted by atomic mass is 16.4. The van der Waals surface area contributed by atoms with Gasteiger partial charge in [-0.05, 0) is 18.6 Å². The molecule has 2 aromatic rings. The smallest absolute Gasteiger partial charge is 0.315 e. The van der Waals surface area contributed by atoms with Crippen LogP contribution in [0.2, 0.25) is 0 Å². The summed E-state index contributed by atoms with van der Waals surface area (Å²) in [5.74, 6) is 1.54. The standard InChI is InChI=1S/C13H19N3O3/c1-2-4-12-15-16-13(19-12)14-8-10(9-17)7-11-5-3-6-18-11/h3,5-6,10,17H,2,4,7-9H2,1H3,(H,14,16)/t10-/m1/s1. The molecule has 6 heteroatoms. The third-order valence-corrected chi connectivity index (χ3v) is 2.80. The third kappa shape index (κ3) is 4.10. The molecule has 0 aliphatic heterocycles. The largest absolute Gasteiger partial charge is 0.469 e. The second-order valence-electron chi connectivity index (χ2n) is 4.46. The molecule has 0 saturated carbocycles. The minimum atomic E-state index is 0.0488. The summed E-state index contributed by atoms with van der Waals surface area (Å²) < 4.78 is 10.7. The van der Waals surface area contributed by atoms with Gasteiger partial charge in [0.2, 0.25) is 5.89 Å². The molecule has 0 bridgehead atoms. The lowest BCUT2D eigenvalue weighted by Crippen LogP contribution is -2.20. The summed E-state index contributed by atoms with van der Waals surface area (Å²) >= 11 is 0. The van der Waals surface area contributed by atoms with Crippen molar-refractivity contribution in [1.82, 2.24) is 10.2 Å². The lowest BCUT2D eigenvalue weighted by atomic mass is 10.1. The fourth-order valence-electron chi connectivity index (χ4n) is 1.79. The Kier molecular flexibility index (Phi) is 4.97. The van der Waals surface area contributed by atoms with Crippen molar-refractivity contribution in [2.45, 2.75) is 26.2 Å². The number of aryl methyl sites for hydroxylation is 1. The molecule has 0 radical (unpaired) electrons. The highest BCUT2D eigenvalue weighted by Crippen LogP contribution is 2.12. The van der Waals surface area contributed by atoms with Crippen molar-refractivity contribution < 1.29 is 13.9 Å². The zero-order valence-corrected chi connectivity index (χ0v) is 11.0. The minimum Gasteiger partial charge on any atom is -0.469 e. The summed E-state index contributed by atoms with van der Waals surface area (Å²) in [4.78, 5) is 0. The van der Waals surface area contributed by atoms with Crippen molar-refractivity contribution in [2.75, 3.05) is 18.5 Å². The maximum absolute atomic E-state index is 9.34. The number of aliphatic hydroxyl groups is 1. The van der Waals surface area contributed by atoms with Gasteiger partial charge in [0.1, 0.15) is 5.76 Å². The maximum Gasteiger partial charge on any atom is 0.315 e. The van der Waals surface area contributed by atoms with E-state index in [4.69, 9.17) is 8.83 Å². The Morgan fingerprint density at radius 2 is 2.32 bits per heavy atom. The van der Waals surface area contributed by atoms with E-state index < -0.39 is 0 Å². The molecule has 6 nitrogen and oxygen atoms in total. The highest BCUT2D eigenvalue weighted by Gasteiger charge is 2.12. The summed E-state index contributed by atoms with van der Waals surface area (Å²) in [7, 11) is 0. The van der Waals surface area contributed by atoms with Gasteiger partial charge in [0, 0.05) is 31.9 Å². The van der Waals surface area contributed by atoms with Crippen molar-refractivity contribution in [3.8, 4) is 0 Å². The normalized spacial score (nSPS) is 12.5. The number of nitrogens with zero attached hydrogens (tertiary/aromatic N) is 2. The van der Waals surface area contributed by atoms with Gasteiger partial charge >= 0.3 is 6.01 Å². The first-order valence-corrected chi connectivity index (χ1v) is 6.51. The van der Waals surface area contributed by atoms with Crippen molar-refractivity contribution in [3.05, 3.63) is 30.0 Å². The predicted molar refractivity (Wildman–Crippen MR) is 69.8 cm³/mol. The Hall–Kier alpha value is -1.82. The van der Waals surface area contributed by atoms with Gasteiger partial charge in [-0.15, -0.1) is 5.10 Å². The second-order valence-corrected chi connectivity index (χ2v) is 4.46. The molecule has 0 unspecified atom stereocenters. The Labute approximate surface area is 111 Å². The van der Waals surface area contributed by atoms with Crippen LogP contribution in [0.15, 0.2) is 27.2 Å². The van der Waals surface area contributed by atoms with Crippen molar-refractivity contribution in [2.24, 2.45) is 5.92 Å². The Balaban J connectivity index is 1.81. The van der Waals surface area contributed by atoms with E-state index in [2.05, 4.69) is 22.4 Å². The molecule has 0 aliphatic carbocycles. The number of hydrogen-bond donors (Lipinski definition) is 2. The van der Waals surface area contributed by atoms with Crippen molar-refractivity contribution >= 4 is 6.01 Å². The van der Waals surface area contributed by atoms with E-state index in [1.165, 1.54) is 0 Å². The molecule has 0 spiro atoms. The van der Waals surface area contributed by atoms with E-state index in [1.54, 1.807) is 6.26 Å². The van der Waals surface area contributed by atoms with Gasteiger partial charge in [-0.3, -0.25) is 0 Å². The molecule has 1 atom stereocenters. The monoisotopic (exact) mass is 265 g/mol. The SMILES string of the molecule is CCCc1nnc(NC[C@H](CO)Cc2ccco2)o1. The van der Waals surface area contributed by atoms with Gasteiger partial charge in [0.15, 0.2) is 0 Å². The van der Waals surface area contributed by atoms with E-state index in [0.717, 1.165) is 18.6 Å². The van der Waals surface area contributed by atoms with Crippen LogP contribution >= 0.6 is 0 Å². The van der Waals surface area contributed by atoms with Crippen LogP contribution < -0.4 is 5.32 Å². The van der Waals surface area contributed by atoms with Crippen LogP contribution in [0.3, 0.4) is 0 Å². The molecule has 0 aromatic carbocycles. The van der Waals surface area contributed by atoms with Crippen LogP contribution in [-0.2, 0) is 12.8 Å². The van der Waals surface area contributed by atoms with Gasteiger partial charge in [0.25, 0.3) is 0 Å². The summed E-state index contributed by atoms with van der Waals surface area (Å²) in [6.07, 6.45) is 4.06. The Bertz CT molecular complexity index is 467. The molecular weight excluding hydrogens is 246 g/mol. The van der Waals surface area contributed by atoms with Gasteiger partial charge in [-0.1, -0.05) is 12.0 Å². The van der Waals surface area contributed by atoms with E-state index >= 15 is 0 Å². The third-order valence-electron chi connectivity index (χ3n) is 2.80. The van der Waals surface area contributed by atoms with Crippen LogP contribution in [0, 0.1) is 5.92 Å². The first kappa shape index (κ1) is 13.6. The van der Waals surface area contributed by atoms with Gasteiger partial charge in [0.05, 0.1) is 6.26 Å². The van der Waals surface area contributed by atoms with Crippen LogP contribution in [0.1, 0.15) is 25.0 Å². The number of nitrogens with one attached hydrogen (secondary N) is 1. The zero-order chi connectivity index (χ0) is 13.5. The fraction of sp³-hybridized carbons (Fsp3) is 0.538. The Morgan fingerprint density at radius 1 is 1.42 bits per heavy atom. The lowest BCUT2D eigenvalue weighted by Gasteiger charge is -2.12. The average Bonchev–Trinajstić information content (AvgIpc) is 3.06. The zero-order valence-electron chi connectivity index (χ0n) is 11.0. The van der Waals surface area contributed by atoms with Crippen LogP contribution in [0.4, 0.5) is 6.01 Å². The van der Waals surface area contributed by atoms with Crippen LogP contribution in [-0.4, -0.2) is 28.5 Å². The first-order chi connectivity index (χ1) is 9.31. The quantitative estimate of drug-likeness (QED) is 0.758. The number of anilines is 1. The van der Waals surface area contributed by atoms with Crippen LogP contribution in [0.5, 0.6) is 0 Å². The molecule has 2 aromatic heterocycles. The van der Waals surface area contributed by atoms with E-state index in [-0.39, 0.29) is 12.5 Å². The summed E-state index contributed by atoms with van der Waals surface area (Å²) in [5.41, 5.74) is 0. The average molecular weight is 265 g/mol. The number of rotatable bonds is 8. The fourth-order valence-corrected chi connectivity index (χ4v) is 1.79. The number of aromatic nitrogens is 2. The minimum absolute atomic E-state index is 0.0488. The highest BCUT2D eigenvalue weighted by molar-refractivity contribution is 5.17. The molecule has 0 fully saturated rings. The molecule has 2 heterocycles. The molecule has 0 saturated heterocycles. The molecule has 2 rings (SSSR count). The molecule has 2 N–H and O–H groups in total. The number of hydrogen-bond acceptors (Lipinski definition) is 6. The second kappa shape index (κ2) is 6.94. The van der Waals surface area contributed by atoms with Gasteiger partial charge in [-0.25, -0.2) is 0 Å². The summed E-state index contributed by atoms with van der Waals surface area (Å²) in [5, 5.41) is 20.2. The molecule has 0 aliphatic rings.